The maximum atomic E-state index is 12.4. The number of rotatable bonds is 5. The predicted octanol–water partition coefficient (Wildman–Crippen LogP) is 0.287. The molecule has 2 N–H and O–H groups in total. The molecule has 1 aromatic rings. The summed E-state index contributed by atoms with van der Waals surface area (Å²) < 4.78 is 31.3. The highest BCUT2D eigenvalue weighted by Gasteiger charge is 2.26. The van der Waals surface area contributed by atoms with E-state index in [1.807, 2.05) is 0 Å². The summed E-state index contributed by atoms with van der Waals surface area (Å²) >= 11 is 0. The van der Waals surface area contributed by atoms with Gasteiger partial charge in [-0.2, -0.15) is 4.31 Å². The molecule has 0 aliphatic carbocycles. The van der Waals surface area contributed by atoms with Gasteiger partial charge in [-0.15, -0.1) is 0 Å². The van der Waals surface area contributed by atoms with Gasteiger partial charge in [0.1, 0.15) is 0 Å². The Morgan fingerprint density at radius 2 is 1.74 bits per heavy atom. The number of hydrogen-bond acceptors (Lipinski definition) is 5. The molecular weight excluding hydrogens is 324 g/mol. The van der Waals surface area contributed by atoms with Crippen LogP contribution in [0.4, 0.5) is 5.69 Å². The van der Waals surface area contributed by atoms with Crippen molar-refractivity contribution in [1.29, 1.82) is 0 Å². The first-order valence-electron chi connectivity index (χ1n) is 6.79. The van der Waals surface area contributed by atoms with Crippen LogP contribution in [0.25, 0.3) is 0 Å². The summed E-state index contributed by atoms with van der Waals surface area (Å²) in [6, 6.07) is 5.67. The number of carbonyl (C=O) groups excluding carboxylic acids is 1. The van der Waals surface area contributed by atoms with Crippen LogP contribution in [-0.4, -0.2) is 56.0 Å². The molecule has 1 aliphatic heterocycles. The van der Waals surface area contributed by atoms with Crippen LogP contribution in [0.1, 0.15) is 0 Å². The maximum Gasteiger partial charge on any atom is 0.328 e. The van der Waals surface area contributed by atoms with E-state index in [9.17, 15) is 18.0 Å². The summed E-state index contributed by atoms with van der Waals surface area (Å²) in [7, 11) is -3.58. The van der Waals surface area contributed by atoms with Crippen LogP contribution >= 0.6 is 0 Å². The highest BCUT2D eigenvalue weighted by Crippen LogP contribution is 2.19. The second-order valence-corrected chi connectivity index (χ2v) is 6.64. The summed E-state index contributed by atoms with van der Waals surface area (Å²) in [4.78, 5) is 21.9. The molecule has 0 atom stereocenters. The fraction of sp³-hybridized carbons (Fsp3) is 0.286. The lowest BCUT2D eigenvalue weighted by Crippen LogP contribution is -2.40. The number of aliphatic carboxylic acids is 1. The van der Waals surface area contributed by atoms with E-state index < -0.39 is 21.9 Å². The molecule has 0 saturated carbocycles. The lowest BCUT2D eigenvalue weighted by Gasteiger charge is -2.26. The van der Waals surface area contributed by atoms with E-state index in [4.69, 9.17) is 9.84 Å². The second-order valence-electron chi connectivity index (χ2n) is 4.70. The summed E-state index contributed by atoms with van der Waals surface area (Å²) in [6.07, 6.45) is 1.59. The molecule has 0 unspecified atom stereocenters. The number of nitrogens with one attached hydrogen (secondary N) is 1. The van der Waals surface area contributed by atoms with Crippen molar-refractivity contribution in [1.82, 2.24) is 4.31 Å². The van der Waals surface area contributed by atoms with Crippen LogP contribution in [0.2, 0.25) is 0 Å². The molecule has 2 rings (SSSR count). The van der Waals surface area contributed by atoms with Crippen molar-refractivity contribution < 1.29 is 27.9 Å². The summed E-state index contributed by atoms with van der Waals surface area (Å²) in [6.45, 7) is 1.34. The zero-order valence-corrected chi connectivity index (χ0v) is 13.0. The van der Waals surface area contributed by atoms with Gasteiger partial charge in [0.25, 0.3) is 0 Å². The Morgan fingerprint density at radius 3 is 2.30 bits per heavy atom. The van der Waals surface area contributed by atoms with E-state index in [2.05, 4.69) is 5.32 Å². The van der Waals surface area contributed by atoms with Gasteiger partial charge in [-0.3, -0.25) is 4.79 Å². The molecule has 1 fully saturated rings. The van der Waals surface area contributed by atoms with Gasteiger partial charge in [0, 0.05) is 30.9 Å². The molecule has 1 saturated heterocycles. The third-order valence-electron chi connectivity index (χ3n) is 3.11. The summed E-state index contributed by atoms with van der Waals surface area (Å²) in [5.41, 5.74) is 0.367. The van der Waals surface area contributed by atoms with Gasteiger partial charge < -0.3 is 15.2 Å². The Balaban J connectivity index is 2.07. The van der Waals surface area contributed by atoms with Gasteiger partial charge in [-0.1, -0.05) is 0 Å². The van der Waals surface area contributed by atoms with Gasteiger partial charge >= 0.3 is 5.97 Å². The molecule has 1 amide bonds. The Morgan fingerprint density at radius 1 is 1.13 bits per heavy atom. The predicted molar refractivity (Wildman–Crippen MR) is 81.4 cm³/mol. The molecular formula is C14H16N2O6S. The minimum Gasteiger partial charge on any atom is -0.478 e. The number of nitrogens with zero attached hydrogens (tertiary/aromatic N) is 1. The van der Waals surface area contributed by atoms with E-state index in [-0.39, 0.29) is 4.90 Å². The quantitative estimate of drug-likeness (QED) is 0.745. The molecule has 23 heavy (non-hydrogen) atoms. The van der Waals surface area contributed by atoms with Crippen molar-refractivity contribution in [2.45, 2.75) is 4.90 Å². The number of anilines is 1. The number of ether oxygens (including phenoxy) is 1. The third kappa shape index (κ3) is 4.62. The van der Waals surface area contributed by atoms with E-state index in [1.54, 1.807) is 0 Å². The molecule has 9 heteroatoms. The normalized spacial score (nSPS) is 16.3. The Kier molecular flexibility index (Phi) is 5.48. The first kappa shape index (κ1) is 17.1. The van der Waals surface area contributed by atoms with E-state index in [1.165, 1.54) is 28.6 Å². The minimum atomic E-state index is -3.58. The fourth-order valence-corrected chi connectivity index (χ4v) is 3.39. The average molecular weight is 340 g/mol. The SMILES string of the molecule is O=C(O)/C=C\C(=O)Nc1ccc(S(=O)(=O)N2CCOCC2)cc1. The molecule has 0 bridgehead atoms. The van der Waals surface area contributed by atoms with Gasteiger partial charge in [0.05, 0.1) is 18.1 Å². The van der Waals surface area contributed by atoms with E-state index in [0.717, 1.165) is 6.08 Å². The molecule has 124 valence electrons. The smallest absolute Gasteiger partial charge is 0.328 e. The summed E-state index contributed by atoms with van der Waals surface area (Å²) in [5.74, 6) is -1.84. The van der Waals surface area contributed by atoms with Crippen LogP contribution in [0, 0.1) is 0 Å². The number of carbonyl (C=O) groups is 2. The molecule has 1 aliphatic rings. The Labute approximate surface area is 133 Å². The van der Waals surface area contributed by atoms with Crippen molar-refractivity contribution >= 4 is 27.6 Å². The minimum absolute atomic E-state index is 0.124. The molecule has 0 radical (unpaired) electrons. The number of carboxylic acid groups (broad SMARTS) is 1. The molecule has 1 aromatic carbocycles. The lowest BCUT2D eigenvalue weighted by atomic mass is 10.3. The zero-order valence-electron chi connectivity index (χ0n) is 12.1. The number of sulfonamides is 1. The van der Waals surface area contributed by atoms with Crippen LogP contribution in [0.5, 0.6) is 0 Å². The largest absolute Gasteiger partial charge is 0.478 e. The van der Waals surface area contributed by atoms with Crippen molar-refractivity contribution in [2.75, 3.05) is 31.6 Å². The van der Waals surface area contributed by atoms with Gasteiger partial charge in [-0.05, 0) is 24.3 Å². The fourth-order valence-electron chi connectivity index (χ4n) is 1.98. The van der Waals surface area contributed by atoms with E-state index in [0.29, 0.717) is 38.1 Å². The van der Waals surface area contributed by atoms with Gasteiger partial charge in [0.2, 0.25) is 15.9 Å². The average Bonchev–Trinajstić information content (AvgIpc) is 2.54. The Hall–Kier alpha value is -2.23. The Bertz CT molecular complexity index is 705. The summed E-state index contributed by atoms with van der Waals surface area (Å²) in [5, 5.41) is 10.9. The van der Waals surface area contributed by atoms with E-state index >= 15 is 0 Å². The van der Waals surface area contributed by atoms with Crippen molar-refractivity contribution in [3.63, 3.8) is 0 Å². The topological polar surface area (TPSA) is 113 Å². The van der Waals surface area contributed by atoms with Crippen molar-refractivity contribution in [3.8, 4) is 0 Å². The maximum absolute atomic E-state index is 12.4. The van der Waals surface area contributed by atoms with Crippen LogP contribution < -0.4 is 5.32 Å². The number of hydrogen-bond donors (Lipinski definition) is 2. The first-order chi connectivity index (χ1) is 10.9. The number of amides is 1. The van der Waals surface area contributed by atoms with Crippen molar-refractivity contribution in [2.24, 2.45) is 0 Å². The molecule has 8 nitrogen and oxygen atoms in total. The van der Waals surface area contributed by atoms with Crippen LogP contribution in [0.15, 0.2) is 41.3 Å². The van der Waals surface area contributed by atoms with Crippen LogP contribution in [-0.2, 0) is 24.3 Å². The lowest BCUT2D eigenvalue weighted by molar-refractivity contribution is -0.131. The molecule has 1 heterocycles. The third-order valence-corrected chi connectivity index (χ3v) is 5.02. The van der Waals surface area contributed by atoms with Gasteiger partial charge in [0.15, 0.2) is 0 Å². The standard InChI is InChI=1S/C14H16N2O6S/c17-13(5-6-14(18)19)15-11-1-3-12(4-2-11)23(20,21)16-7-9-22-10-8-16/h1-6H,7-10H2,(H,15,17)(H,18,19)/b6-5-. The zero-order chi connectivity index (χ0) is 16.9. The monoisotopic (exact) mass is 340 g/mol. The highest BCUT2D eigenvalue weighted by molar-refractivity contribution is 7.89. The second kappa shape index (κ2) is 7.36. The van der Waals surface area contributed by atoms with Gasteiger partial charge in [-0.25, -0.2) is 13.2 Å². The highest BCUT2D eigenvalue weighted by atomic mass is 32.2. The number of benzene rings is 1. The number of carboxylic acids is 1. The molecule has 0 aromatic heterocycles. The van der Waals surface area contributed by atoms with Crippen LogP contribution in [0.3, 0.4) is 0 Å². The number of morpholine rings is 1. The van der Waals surface area contributed by atoms with Crippen molar-refractivity contribution in [3.05, 3.63) is 36.4 Å². The first-order valence-corrected chi connectivity index (χ1v) is 8.23. The molecule has 0 spiro atoms.